The van der Waals surface area contributed by atoms with Crippen molar-refractivity contribution in [1.29, 1.82) is 0 Å². The third-order valence-electron chi connectivity index (χ3n) is 8.59. The van der Waals surface area contributed by atoms with Gasteiger partial charge in [0.15, 0.2) is 23.0 Å². The smallest absolute Gasteiger partial charge is 0.253 e. The summed E-state index contributed by atoms with van der Waals surface area (Å²) in [6.45, 7) is 18.3. The van der Waals surface area contributed by atoms with Gasteiger partial charge in [0.2, 0.25) is 0 Å². The molecular weight excluding hydrogens is 618 g/mol. The number of piperidine rings is 1. The number of nitrogens with one attached hydrogen (secondary N) is 1. The van der Waals surface area contributed by atoms with Crippen molar-refractivity contribution in [1.82, 2.24) is 15.2 Å². The molecule has 1 saturated heterocycles. The molecule has 3 aromatic rings. The Morgan fingerprint density at radius 2 is 1.39 bits per heavy atom. The number of carbonyl (C=O) groups excluding carboxylic acids is 2. The molecule has 1 aromatic heterocycles. The van der Waals surface area contributed by atoms with Crippen molar-refractivity contribution < 1.29 is 28.5 Å². The molecule has 0 bridgehead atoms. The van der Waals surface area contributed by atoms with Crippen molar-refractivity contribution >= 4 is 12.2 Å². The lowest BCUT2D eigenvalue weighted by molar-refractivity contribution is 0.0908. The van der Waals surface area contributed by atoms with Gasteiger partial charge in [0, 0.05) is 43.6 Å². The van der Waals surface area contributed by atoms with Gasteiger partial charge in [-0.2, -0.15) is 0 Å². The first-order valence-electron chi connectivity index (χ1n) is 18.0. The van der Waals surface area contributed by atoms with Crippen molar-refractivity contribution in [2.24, 2.45) is 0 Å². The molecule has 1 amide bonds. The first kappa shape index (κ1) is 39.3. The number of carbonyl (C=O) groups is 2. The van der Waals surface area contributed by atoms with Gasteiger partial charge in [-0.15, -0.1) is 0 Å². The van der Waals surface area contributed by atoms with Gasteiger partial charge in [0.1, 0.15) is 6.29 Å². The van der Waals surface area contributed by atoms with E-state index < -0.39 is 0 Å². The molecule has 9 heteroatoms. The van der Waals surface area contributed by atoms with E-state index in [0.29, 0.717) is 35.8 Å². The number of aldehydes is 1. The zero-order valence-corrected chi connectivity index (χ0v) is 30.6. The summed E-state index contributed by atoms with van der Waals surface area (Å²) in [4.78, 5) is 29.8. The Morgan fingerprint density at radius 1 is 0.816 bits per heavy atom. The van der Waals surface area contributed by atoms with Crippen LogP contribution in [-0.2, 0) is 6.54 Å². The Hall–Kier alpha value is -4.11. The SMILES string of the molecule is CCOc1cc(C=O)ccc1OC(CC)CC.CCOc1cc(CN2CCC(NC(=O)c3cncc(C)c3)CC2)ccc1OC(CC)CC. The second-order valence-corrected chi connectivity index (χ2v) is 12.4. The molecule has 1 fully saturated rings. The molecule has 0 unspecified atom stereocenters. The van der Waals surface area contributed by atoms with Crippen molar-refractivity contribution in [3.63, 3.8) is 0 Å². The van der Waals surface area contributed by atoms with Crippen LogP contribution in [0.15, 0.2) is 54.9 Å². The Balaban J connectivity index is 0.000000323. The van der Waals surface area contributed by atoms with Crippen molar-refractivity contribution in [2.45, 2.75) is 112 Å². The minimum absolute atomic E-state index is 0.0333. The fraction of sp³-hybridized carbons (Fsp3) is 0.525. The fourth-order valence-corrected chi connectivity index (χ4v) is 5.69. The van der Waals surface area contributed by atoms with E-state index in [1.165, 1.54) is 5.56 Å². The molecular formula is C40H57N3O6. The number of hydrogen-bond acceptors (Lipinski definition) is 8. The summed E-state index contributed by atoms with van der Waals surface area (Å²) in [7, 11) is 0. The van der Waals surface area contributed by atoms with E-state index in [4.69, 9.17) is 18.9 Å². The molecule has 268 valence electrons. The molecule has 0 atom stereocenters. The molecule has 0 radical (unpaired) electrons. The number of likely N-dealkylation sites (tertiary alicyclic amines) is 1. The number of pyridine rings is 1. The highest BCUT2D eigenvalue weighted by molar-refractivity contribution is 5.94. The molecule has 1 aliphatic heterocycles. The van der Waals surface area contributed by atoms with E-state index in [1.54, 1.807) is 30.6 Å². The summed E-state index contributed by atoms with van der Waals surface area (Å²) in [5.41, 5.74) is 3.45. The summed E-state index contributed by atoms with van der Waals surface area (Å²) < 4.78 is 23.4. The van der Waals surface area contributed by atoms with Gasteiger partial charge >= 0.3 is 0 Å². The second-order valence-electron chi connectivity index (χ2n) is 12.4. The van der Waals surface area contributed by atoms with Gasteiger partial charge in [-0.05, 0) is 107 Å². The van der Waals surface area contributed by atoms with Crippen LogP contribution in [0.4, 0.5) is 0 Å². The number of nitrogens with zero attached hydrogens (tertiary/aromatic N) is 2. The van der Waals surface area contributed by atoms with Gasteiger partial charge in [-0.1, -0.05) is 33.8 Å². The summed E-state index contributed by atoms with van der Waals surface area (Å²) in [6.07, 6.45) is 10.4. The third-order valence-corrected chi connectivity index (χ3v) is 8.59. The van der Waals surface area contributed by atoms with Crippen LogP contribution in [0.3, 0.4) is 0 Å². The van der Waals surface area contributed by atoms with Crippen LogP contribution in [0, 0.1) is 6.92 Å². The van der Waals surface area contributed by atoms with E-state index in [0.717, 1.165) is 81.5 Å². The van der Waals surface area contributed by atoms with Crippen LogP contribution in [0.2, 0.25) is 0 Å². The quantitative estimate of drug-likeness (QED) is 0.143. The van der Waals surface area contributed by atoms with Crippen LogP contribution in [0.25, 0.3) is 0 Å². The zero-order chi connectivity index (χ0) is 35.6. The van der Waals surface area contributed by atoms with Crippen LogP contribution in [0.1, 0.15) is 112 Å². The van der Waals surface area contributed by atoms with Crippen LogP contribution in [0.5, 0.6) is 23.0 Å². The predicted molar refractivity (Wildman–Crippen MR) is 195 cm³/mol. The number of rotatable bonds is 17. The summed E-state index contributed by atoms with van der Waals surface area (Å²) >= 11 is 0. The first-order chi connectivity index (χ1) is 23.8. The Labute approximate surface area is 293 Å². The van der Waals surface area contributed by atoms with Gasteiger partial charge in [-0.25, -0.2) is 0 Å². The van der Waals surface area contributed by atoms with Crippen LogP contribution in [-0.4, -0.2) is 66.6 Å². The van der Waals surface area contributed by atoms with Gasteiger partial charge < -0.3 is 24.3 Å². The Bertz CT molecular complexity index is 1430. The topological polar surface area (TPSA) is 99.2 Å². The van der Waals surface area contributed by atoms with Gasteiger partial charge in [-0.3, -0.25) is 19.5 Å². The Morgan fingerprint density at radius 3 is 1.92 bits per heavy atom. The Kier molecular flexibility index (Phi) is 16.9. The number of benzene rings is 2. The molecule has 0 aliphatic carbocycles. The first-order valence-corrected chi connectivity index (χ1v) is 18.0. The maximum Gasteiger partial charge on any atom is 0.253 e. The molecule has 49 heavy (non-hydrogen) atoms. The molecule has 0 spiro atoms. The second kappa shape index (κ2) is 21.1. The normalized spacial score (nSPS) is 13.4. The highest BCUT2D eigenvalue weighted by atomic mass is 16.5. The van der Waals surface area contributed by atoms with E-state index in [1.807, 2.05) is 32.9 Å². The lowest BCUT2D eigenvalue weighted by atomic mass is 10.0. The minimum atomic E-state index is -0.0333. The van der Waals surface area contributed by atoms with E-state index >= 15 is 0 Å². The minimum Gasteiger partial charge on any atom is -0.490 e. The van der Waals surface area contributed by atoms with Crippen molar-refractivity contribution in [2.75, 3.05) is 26.3 Å². The lowest BCUT2D eigenvalue weighted by Gasteiger charge is -2.32. The van der Waals surface area contributed by atoms with Crippen LogP contribution < -0.4 is 24.3 Å². The van der Waals surface area contributed by atoms with Crippen LogP contribution >= 0.6 is 0 Å². The monoisotopic (exact) mass is 675 g/mol. The maximum atomic E-state index is 12.5. The largest absolute Gasteiger partial charge is 0.490 e. The molecule has 4 rings (SSSR count). The maximum absolute atomic E-state index is 12.5. The van der Waals surface area contributed by atoms with E-state index in [9.17, 15) is 9.59 Å². The summed E-state index contributed by atoms with van der Waals surface area (Å²) in [6, 6.07) is 13.6. The average Bonchev–Trinajstić information content (AvgIpc) is 3.12. The van der Waals surface area contributed by atoms with E-state index in [-0.39, 0.29) is 24.2 Å². The fourth-order valence-electron chi connectivity index (χ4n) is 5.69. The molecule has 2 aromatic carbocycles. The number of aromatic nitrogens is 1. The summed E-state index contributed by atoms with van der Waals surface area (Å²) in [5.74, 6) is 2.98. The lowest BCUT2D eigenvalue weighted by Crippen LogP contribution is -2.44. The molecule has 0 saturated carbocycles. The molecule has 1 N–H and O–H groups in total. The zero-order valence-electron chi connectivity index (χ0n) is 30.6. The van der Waals surface area contributed by atoms with Gasteiger partial charge in [0.05, 0.1) is 31.0 Å². The number of ether oxygens (including phenoxy) is 4. The highest BCUT2D eigenvalue weighted by Crippen LogP contribution is 2.32. The van der Waals surface area contributed by atoms with E-state index in [2.05, 4.69) is 55.0 Å². The number of aryl methyl sites for hydroxylation is 1. The molecule has 1 aliphatic rings. The van der Waals surface area contributed by atoms with Gasteiger partial charge in [0.25, 0.3) is 5.91 Å². The predicted octanol–water partition coefficient (Wildman–Crippen LogP) is 8.22. The highest BCUT2D eigenvalue weighted by Gasteiger charge is 2.22. The third kappa shape index (κ3) is 12.7. The number of hydrogen-bond donors (Lipinski definition) is 1. The molecule has 9 nitrogen and oxygen atoms in total. The van der Waals surface area contributed by atoms with Crippen molar-refractivity contribution in [3.8, 4) is 23.0 Å². The number of amides is 1. The standard InChI is InChI=1S/C26H37N3O3.C14H20O3/c1-5-23(6-2)32-24-9-8-20(15-25(24)31-7-3)18-29-12-10-22(11-13-29)28-26(30)21-14-19(4)16-27-17-21;1-4-12(5-2)17-13-8-7-11(10-15)9-14(13)16-6-3/h8-9,14-17,22-23H,5-7,10-13,18H2,1-4H3,(H,28,30);7-10,12H,4-6H2,1-3H3. The van der Waals surface area contributed by atoms with Crippen molar-refractivity contribution in [3.05, 3.63) is 77.1 Å². The molecule has 2 heterocycles. The average molecular weight is 676 g/mol. The summed E-state index contributed by atoms with van der Waals surface area (Å²) in [5, 5.41) is 3.17.